The largest absolute Gasteiger partial charge is 0.504 e. The first-order valence-corrected chi connectivity index (χ1v) is 8.97. The van der Waals surface area contributed by atoms with Gasteiger partial charge in [0.25, 0.3) is 0 Å². The van der Waals surface area contributed by atoms with Crippen molar-refractivity contribution in [2.75, 3.05) is 19.5 Å². The van der Waals surface area contributed by atoms with E-state index in [-0.39, 0.29) is 29.3 Å². The van der Waals surface area contributed by atoms with E-state index in [9.17, 15) is 18.7 Å². The molecule has 0 aromatic heterocycles. The summed E-state index contributed by atoms with van der Waals surface area (Å²) in [4.78, 5) is 14.5. The highest BCUT2D eigenvalue weighted by atomic mass is 19.3. The predicted octanol–water partition coefficient (Wildman–Crippen LogP) is 4.21. The Hall–Kier alpha value is -3.23. The standard InChI is InChI=1S/C20H22F2N2O5/c1-27-16-8-4-13(10-18(16)29-19(21)22)23-20(26)24(14-5-6-14)11-12-3-7-15(25)17(9-12)28-2/h3-4,7-10,14,19,25H,5-6,11H2,1-2H3,(H,23,26). The van der Waals surface area contributed by atoms with E-state index in [1.165, 1.54) is 32.4 Å². The van der Waals surface area contributed by atoms with E-state index in [0.717, 1.165) is 18.4 Å². The molecular formula is C20H22F2N2O5. The Kier molecular flexibility index (Phi) is 6.26. The molecule has 2 aromatic rings. The molecule has 0 heterocycles. The second-order valence-electron chi connectivity index (χ2n) is 6.54. The van der Waals surface area contributed by atoms with Gasteiger partial charge in [0.05, 0.1) is 14.2 Å². The maximum atomic E-state index is 12.8. The van der Waals surface area contributed by atoms with Crippen molar-refractivity contribution in [3.05, 3.63) is 42.0 Å². The predicted molar refractivity (Wildman–Crippen MR) is 102 cm³/mol. The van der Waals surface area contributed by atoms with Crippen molar-refractivity contribution in [3.8, 4) is 23.0 Å². The number of hydrogen-bond donors (Lipinski definition) is 2. The number of aromatic hydroxyl groups is 1. The molecule has 1 saturated carbocycles. The number of anilines is 1. The molecule has 0 saturated heterocycles. The first kappa shape index (κ1) is 20.5. The van der Waals surface area contributed by atoms with Crippen molar-refractivity contribution in [2.24, 2.45) is 0 Å². The van der Waals surface area contributed by atoms with Crippen molar-refractivity contribution >= 4 is 11.7 Å². The number of halogens is 2. The molecule has 0 aliphatic heterocycles. The molecule has 1 fully saturated rings. The molecule has 156 valence electrons. The number of ether oxygens (including phenoxy) is 3. The number of methoxy groups -OCH3 is 2. The van der Waals surface area contributed by atoms with Crippen molar-refractivity contribution in [1.82, 2.24) is 4.90 Å². The van der Waals surface area contributed by atoms with Crippen molar-refractivity contribution in [3.63, 3.8) is 0 Å². The summed E-state index contributed by atoms with van der Waals surface area (Å²) in [5.74, 6) is 0.311. The van der Waals surface area contributed by atoms with Crippen LogP contribution in [-0.4, -0.2) is 42.9 Å². The average molecular weight is 408 g/mol. The number of nitrogens with one attached hydrogen (secondary N) is 1. The van der Waals surface area contributed by atoms with Gasteiger partial charge in [-0.1, -0.05) is 6.07 Å². The maximum absolute atomic E-state index is 12.8. The number of amides is 2. The molecule has 2 aromatic carbocycles. The van der Waals surface area contributed by atoms with Crippen LogP contribution in [0.3, 0.4) is 0 Å². The van der Waals surface area contributed by atoms with Gasteiger partial charge in [0.15, 0.2) is 23.0 Å². The van der Waals surface area contributed by atoms with Crippen LogP contribution in [0.5, 0.6) is 23.0 Å². The molecule has 2 N–H and O–H groups in total. The van der Waals surface area contributed by atoms with Crippen LogP contribution in [0.2, 0.25) is 0 Å². The number of hydrogen-bond acceptors (Lipinski definition) is 5. The number of phenols is 1. The molecule has 0 atom stereocenters. The second kappa shape index (κ2) is 8.85. The van der Waals surface area contributed by atoms with E-state index < -0.39 is 6.61 Å². The summed E-state index contributed by atoms with van der Waals surface area (Å²) in [5, 5.41) is 12.4. The first-order valence-electron chi connectivity index (χ1n) is 8.97. The zero-order valence-corrected chi connectivity index (χ0v) is 16.0. The molecular weight excluding hydrogens is 386 g/mol. The lowest BCUT2D eigenvalue weighted by molar-refractivity contribution is -0.0511. The summed E-state index contributed by atoms with van der Waals surface area (Å²) in [7, 11) is 2.79. The number of alkyl halides is 2. The van der Waals surface area contributed by atoms with Gasteiger partial charge in [-0.05, 0) is 42.7 Å². The van der Waals surface area contributed by atoms with E-state index in [2.05, 4.69) is 10.1 Å². The summed E-state index contributed by atoms with van der Waals surface area (Å²) in [6.07, 6.45) is 1.76. The highest BCUT2D eigenvalue weighted by molar-refractivity contribution is 5.90. The molecule has 3 rings (SSSR count). The van der Waals surface area contributed by atoms with E-state index in [4.69, 9.17) is 9.47 Å². The Morgan fingerprint density at radius 2 is 1.86 bits per heavy atom. The van der Waals surface area contributed by atoms with Crippen LogP contribution in [0.25, 0.3) is 0 Å². The minimum absolute atomic E-state index is 0.0171. The lowest BCUT2D eigenvalue weighted by Gasteiger charge is -2.23. The highest BCUT2D eigenvalue weighted by Gasteiger charge is 2.33. The lowest BCUT2D eigenvalue weighted by atomic mass is 10.2. The van der Waals surface area contributed by atoms with E-state index in [1.54, 1.807) is 23.1 Å². The van der Waals surface area contributed by atoms with Gasteiger partial charge >= 0.3 is 12.6 Å². The van der Waals surface area contributed by atoms with Gasteiger partial charge in [0.1, 0.15) is 0 Å². The van der Waals surface area contributed by atoms with Gasteiger partial charge in [-0.3, -0.25) is 0 Å². The van der Waals surface area contributed by atoms with Crippen LogP contribution in [0.4, 0.5) is 19.3 Å². The Labute approximate surface area is 166 Å². The fourth-order valence-electron chi connectivity index (χ4n) is 2.91. The Morgan fingerprint density at radius 1 is 1.14 bits per heavy atom. The van der Waals surface area contributed by atoms with Gasteiger partial charge in [-0.15, -0.1) is 0 Å². The summed E-state index contributed by atoms with van der Waals surface area (Å²) in [5.41, 5.74) is 1.10. The SMILES string of the molecule is COc1cc(CN(C(=O)Nc2ccc(OC)c(OC(F)F)c2)C2CC2)ccc1O. The monoisotopic (exact) mass is 408 g/mol. The molecule has 9 heteroatoms. The van der Waals surface area contributed by atoms with Crippen molar-refractivity contribution in [2.45, 2.75) is 32.0 Å². The highest BCUT2D eigenvalue weighted by Crippen LogP contribution is 2.34. The number of urea groups is 1. The Balaban J connectivity index is 1.75. The third kappa shape index (κ3) is 5.18. The van der Waals surface area contributed by atoms with Gasteiger partial charge < -0.3 is 29.5 Å². The van der Waals surface area contributed by atoms with Crippen molar-refractivity contribution < 1.29 is 32.9 Å². The minimum Gasteiger partial charge on any atom is -0.504 e. The lowest BCUT2D eigenvalue weighted by Crippen LogP contribution is -2.36. The Morgan fingerprint density at radius 3 is 2.48 bits per heavy atom. The second-order valence-corrected chi connectivity index (χ2v) is 6.54. The smallest absolute Gasteiger partial charge is 0.387 e. The zero-order chi connectivity index (χ0) is 21.0. The fraction of sp³-hybridized carbons (Fsp3) is 0.350. The molecule has 1 aliphatic carbocycles. The van der Waals surface area contributed by atoms with Gasteiger partial charge in [0.2, 0.25) is 0 Å². The van der Waals surface area contributed by atoms with Gasteiger partial charge in [-0.25, -0.2) is 4.79 Å². The zero-order valence-electron chi connectivity index (χ0n) is 16.0. The molecule has 0 radical (unpaired) electrons. The van der Waals surface area contributed by atoms with Crippen LogP contribution >= 0.6 is 0 Å². The number of carbonyl (C=O) groups excluding carboxylic acids is 1. The first-order chi connectivity index (χ1) is 13.9. The number of nitrogens with zero attached hydrogens (tertiary/aromatic N) is 1. The normalized spacial score (nSPS) is 13.1. The molecule has 0 spiro atoms. The molecule has 0 bridgehead atoms. The molecule has 2 amide bonds. The van der Waals surface area contributed by atoms with E-state index in [0.29, 0.717) is 18.0 Å². The summed E-state index contributed by atoms with van der Waals surface area (Å²) >= 11 is 0. The van der Waals surface area contributed by atoms with E-state index >= 15 is 0 Å². The van der Waals surface area contributed by atoms with E-state index in [1.807, 2.05) is 0 Å². The third-order valence-electron chi connectivity index (χ3n) is 4.48. The topological polar surface area (TPSA) is 80.3 Å². The third-order valence-corrected chi connectivity index (χ3v) is 4.48. The molecule has 29 heavy (non-hydrogen) atoms. The maximum Gasteiger partial charge on any atom is 0.387 e. The van der Waals surface area contributed by atoms with Crippen molar-refractivity contribution in [1.29, 1.82) is 0 Å². The van der Waals surface area contributed by atoms with Crippen LogP contribution in [-0.2, 0) is 6.54 Å². The van der Waals surface area contributed by atoms with Crippen LogP contribution in [0.15, 0.2) is 36.4 Å². The fourth-order valence-corrected chi connectivity index (χ4v) is 2.91. The quantitative estimate of drug-likeness (QED) is 0.684. The van der Waals surface area contributed by atoms with Crippen LogP contribution in [0.1, 0.15) is 18.4 Å². The minimum atomic E-state index is -3.01. The summed E-state index contributed by atoms with van der Waals surface area (Å²) in [6, 6.07) is 8.88. The van der Waals surface area contributed by atoms with Crippen LogP contribution < -0.4 is 19.5 Å². The molecule has 7 nitrogen and oxygen atoms in total. The van der Waals surface area contributed by atoms with Gasteiger partial charge in [-0.2, -0.15) is 8.78 Å². The average Bonchev–Trinajstić information content (AvgIpc) is 3.52. The summed E-state index contributed by atoms with van der Waals surface area (Å²) in [6.45, 7) is -2.70. The Bertz CT molecular complexity index is 874. The van der Waals surface area contributed by atoms with Crippen LogP contribution in [0, 0.1) is 0 Å². The number of phenolic OH excluding ortho intramolecular Hbond substituents is 1. The molecule has 0 unspecified atom stereocenters. The van der Waals surface area contributed by atoms with Gasteiger partial charge in [0, 0.05) is 24.3 Å². The molecule has 1 aliphatic rings. The number of carbonyl (C=O) groups is 1. The number of benzene rings is 2. The summed E-state index contributed by atoms with van der Waals surface area (Å²) < 4.78 is 39.8. The number of rotatable bonds is 8.